The number of benzene rings is 2. The molecule has 2 aliphatic rings. The first-order valence-corrected chi connectivity index (χ1v) is 17.4. The summed E-state index contributed by atoms with van der Waals surface area (Å²) in [5, 5.41) is 25.5. The van der Waals surface area contributed by atoms with Gasteiger partial charge in [0.2, 0.25) is 11.8 Å². The van der Waals surface area contributed by atoms with Gasteiger partial charge >= 0.3 is 0 Å². The normalized spacial score (nSPS) is 20.2. The van der Waals surface area contributed by atoms with Crippen LogP contribution in [0.3, 0.4) is 0 Å². The molecule has 1 aliphatic heterocycles. The Kier molecular flexibility index (Phi) is 9.44. The van der Waals surface area contributed by atoms with Crippen molar-refractivity contribution in [3.05, 3.63) is 92.6 Å². The summed E-state index contributed by atoms with van der Waals surface area (Å²) in [7, 11) is 3.30. The zero-order valence-corrected chi connectivity index (χ0v) is 29.6. The number of nitrogens with one attached hydrogen (secondary N) is 3. The fourth-order valence-electron chi connectivity index (χ4n) is 6.90. The smallest absolute Gasteiger partial charge is 0.277 e. The van der Waals surface area contributed by atoms with Gasteiger partial charge in [-0.05, 0) is 38.3 Å². The highest BCUT2D eigenvalue weighted by Crippen LogP contribution is 2.42. The number of aromatic nitrogens is 4. The Labute approximate surface area is 299 Å². The number of carbonyl (C=O) groups excluding carboxylic acids is 1. The average molecular weight is 717 g/mol. The van der Waals surface area contributed by atoms with Crippen molar-refractivity contribution < 1.29 is 14.6 Å². The average Bonchev–Trinajstić information content (AvgIpc) is 3.71. The fraction of sp³-hybridized carbons (Fsp3) is 0.351. The van der Waals surface area contributed by atoms with Crippen molar-refractivity contribution in [2.24, 2.45) is 7.05 Å². The summed E-state index contributed by atoms with van der Waals surface area (Å²) in [5.74, 6) is 1.17. The number of hydrogen-bond donors (Lipinski definition) is 4. The molecule has 1 saturated heterocycles. The monoisotopic (exact) mass is 715 g/mol. The second-order valence-electron chi connectivity index (χ2n) is 13.5. The molecule has 5 aromatic rings. The summed E-state index contributed by atoms with van der Waals surface area (Å²) in [5.41, 5.74) is 4.87. The van der Waals surface area contributed by atoms with E-state index >= 15 is 0 Å². The Balaban J connectivity index is 1.14. The SMILES string of the molecule is COc1nc(-c2cccc(-c3cccc(-c4cc5c(=O)n(C)c(CNC6CC(C)(O)C6)nn5c4)c3Cl)c2Cl)ccc1CNCC1CCC(=O)N1. The first-order valence-electron chi connectivity index (χ1n) is 16.7. The maximum Gasteiger partial charge on any atom is 0.277 e. The molecule has 260 valence electrons. The van der Waals surface area contributed by atoms with Gasteiger partial charge in [0, 0.05) is 78.2 Å². The number of pyridine rings is 1. The van der Waals surface area contributed by atoms with Gasteiger partial charge in [0.05, 0.1) is 35.0 Å². The molecule has 50 heavy (non-hydrogen) atoms. The summed E-state index contributed by atoms with van der Waals surface area (Å²) >= 11 is 14.2. The molecule has 0 spiro atoms. The quantitative estimate of drug-likeness (QED) is 0.148. The molecule has 2 aromatic carbocycles. The number of halogens is 2. The van der Waals surface area contributed by atoms with Gasteiger partial charge in [-0.3, -0.25) is 14.2 Å². The summed E-state index contributed by atoms with van der Waals surface area (Å²) in [6.45, 7) is 3.44. The second-order valence-corrected chi connectivity index (χ2v) is 14.2. The topological polar surface area (TPSA) is 135 Å². The van der Waals surface area contributed by atoms with Gasteiger partial charge < -0.3 is 25.8 Å². The maximum atomic E-state index is 13.4. The number of nitrogens with zero attached hydrogens (tertiary/aromatic N) is 4. The highest BCUT2D eigenvalue weighted by molar-refractivity contribution is 6.39. The minimum atomic E-state index is -0.638. The zero-order chi connectivity index (χ0) is 35.2. The lowest BCUT2D eigenvalue weighted by atomic mass is 9.77. The standard InChI is InChI=1S/C37H39Cl2N7O4/c1-37(49)15-24(16-37)41-19-31-44-46-20-22(14-30(46)36(48)45(31)2)25-6-4-7-26(33(25)38)27-8-5-9-28(34(27)39)29-12-10-21(35(43-29)50-3)17-40-18-23-11-13-32(47)42-23/h4-10,12,14,20,23-24,40-41,49H,11,13,15-19H2,1-3H3,(H,42,47). The van der Waals surface area contributed by atoms with Gasteiger partial charge in [-0.2, -0.15) is 5.10 Å². The van der Waals surface area contributed by atoms with E-state index in [1.54, 1.807) is 29.3 Å². The summed E-state index contributed by atoms with van der Waals surface area (Å²) in [4.78, 5) is 29.7. The third-order valence-electron chi connectivity index (χ3n) is 9.65. The van der Waals surface area contributed by atoms with E-state index in [9.17, 15) is 14.7 Å². The van der Waals surface area contributed by atoms with Crippen LogP contribution >= 0.6 is 23.2 Å². The number of carbonyl (C=O) groups is 1. The van der Waals surface area contributed by atoms with E-state index < -0.39 is 5.60 Å². The molecule has 13 heteroatoms. The minimum Gasteiger partial charge on any atom is -0.481 e. The summed E-state index contributed by atoms with van der Waals surface area (Å²) in [6.07, 6.45) is 4.53. The van der Waals surface area contributed by atoms with Crippen molar-refractivity contribution in [1.29, 1.82) is 0 Å². The lowest BCUT2D eigenvalue weighted by Crippen LogP contribution is -2.51. The van der Waals surface area contributed by atoms with Crippen LogP contribution in [-0.4, -0.2) is 61.5 Å². The lowest BCUT2D eigenvalue weighted by molar-refractivity contribution is -0.119. The molecular weight excluding hydrogens is 677 g/mol. The van der Waals surface area contributed by atoms with Gasteiger partial charge in [0.15, 0.2) is 0 Å². The van der Waals surface area contributed by atoms with Crippen LogP contribution in [0.4, 0.5) is 0 Å². The van der Waals surface area contributed by atoms with Crippen LogP contribution in [0.5, 0.6) is 5.88 Å². The summed E-state index contributed by atoms with van der Waals surface area (Å²) < 4.78 is 8.80. The molecule has 1 saturated carbocycles. The second kappa shape index (κ2) is 13.8. The van der Waals surface area contributed by atoms with Gasteiger partial charge in [-0.25, -0.2) is 9.50 Å². The van der Waals surface area contributed by atoms with Gasteiger partial charge in [-0.15, -0.1) is 0 Å². The fourth-order valence-corrected chi connectivity index (χ4v) is 7.56. The number of hydrogen-bond acceptors (Lipinski definition) is 8. The molecule has 1 unspecified atom stereocenters. The van der Waals surface area contributed by atoms with Crippen molar-refractivity contribution in [3.63, 3.8) is 0 Å². The van der Waals surface area contributed by atoms with Crippen molar-refractivity contribution >= 4 is 34.6 Å². The maximum absolute atomic E-state index is 13.4. The Morgan fingerprint density at radius 2 is 1.72 bits per heavy atom. The van der Waals surface area contributed by atoms with Gasteiger partial charge in [-0.1, -0.05) is 65.7 Å². The van der Waals surface area contributed by atoms with E-state index in [1.165, 1.54) is 0 Å². The molecule has 1 aliphatic carbocycles. The van der Waals surface area contributed by atoms with Crippen molar-refractivity contribution in [1.82, 2.24) is 35.1 Å². The highest BCUT2D eigenvalue weighted by Gasteiger charge is 2.38. The lowest BCUT2D eigenvalue weighted by Gasteiger charge is -2.41. The third-order valence-corrected chi connectivity index (χ3v) is 10.5. The Hall–Kier alpha value is -4.26. The number of aliphatic hydroxyl groups is 1. The molecule has 11 nitrogen and oxygen atoms in total. The van der Waals surface area contributed by atoms with Crippen LogP contribution in [0.1, 0.15) is 44.0 Å². The predicted octanol–water partition coefficient (Wildman–Crippen LogP) is 5.12. The van der Waals surface area contributed by atoms with E-state index in [2.05, 4.69) is 16.0 Å². The zero-order valence-electron chi connectivity index (χ0n) is 28.1. The first-order chi connectivity index (χ1) is 24.0. The van der Waals surface area contributed by atoms with Crippen molar-refractivity contribution in [2.75, 3.05) is 13.7 Å². The number of ether oxygens (including phenoxy) is 1. The van der Waals surface area contributed by atoms with Gasteiger partial charge in [0.25, 0.3) is 5.56 Å². The molecule has 1 amide bonds. The van der Waals surface area contributed by atoms with E-state index in [0.29, 0.717) is 71.9 Å². The molecule has 1 atom stereocenters. The van der Waals surface area contributed by atoms with Crippen LogP contribution in [-0.2, 0) is 24.9 Å². The molecule has 2 fully saturated rings. The van der Waals surface area contributed by atoms with Crippen molar-refractivity contribution in [3.8, 4) is 39.4 Å². The molecule has 0 bridgehead atoms. The van der Waals surface area contributed by atoms with E-state index in [1.807, 2.05) is 61.7 Å². The largest absolute Gasteiger partial charge is 0.481 e. The molecule has 0 radical (unpaired) electrons. The number of rotatable bonds is 11. The Bertz CT molecular complexity index is 2150. The Morgan fingerprint density at radius 1 is 1.02 bits per heavy atom. The Morgan fingerprint density at radius 3 is 2.40 bits per heavy atom. The van der Waals surface area contributed by atoms with Crippen LogP contribution in [0, 0.1) is 0 Å². The van der Waals surface area contributed by atoms with Gasteiger partial charge in [0.1, 0.15) is 11.3 Å². The number of amides is 1. The van der Waals surface area contributed by atoms with Crippen LogP contribution in [0.25, 0.3) is 39.0 Å². The first kappa shape index (κ1) is 34.2. The predicted molar refractivity (Wildman–Crippen MR) is 194 cm³/mol. The molecule has 4 heterocycles. The van der Waals surface area contributed by atoms with Crippen LogP contribution < -0.4 is 26.2 Å². The summed E-state index contributed by atoms with van der Waals surface area (Å²) in [6, 6.07) is 17.5. The van der Waals surface area contributed by atoms with E-state index in [4.69, 9.17) is 38.0 Å². The van der Waals surface area contributed by atoms with E-state index in [-0.39, 0.29) is 23.6 Å². The van der Waals surface area contributed by atoms with Crippen LogP contribution in [0.15, 0.2) is 65.6 Å². The third kappa shape index (κ3) is 6.76. The van der Waals surface area contributed by atoms with Crippen molar-refractivity contribution in [2.45, 2.75) is 63.4 Å². The number of methoxy groups -OCH3 is 1. The molecule has 3 aromatic heterocycles. The van der Waals surface area contributed by atoms with Crippen LogP contribution in [0.2, 0.25) is 10.0 Å². The molecular formula is C37H39Cl2N7O4. The molecule has 7 rings (SSSR count). The minimum absolute atomic E-state index is 0.0925. The highest BCUT2D eigenvalue weighted by atomic mass is 35.5. The molecule has 4 N–H and O–H groups in total. The van der Waals surface area contributed by atoms with E-state index in [0.717, 1.165) is 39.8 Å². The number of fused-ring (bicyclic) bond motifs is 1.